The smallest absolute Gasteiger partial charge is 0.211 e. The number of halogens is 1. The van der Waals surface area contributed by atoms with Crippen LogP contribution in [0.5, 0.6) is 0 Å². The standard InChI is InChI=1S/C8H6BrN3O/c9-7-3-11-8-6(7)1-5(2-10-8)12-4-13/h1-4H,(H,10,11)(H,12,13). The summed E-state index contributed by atoms with van der Waals surface area (Å²) in [7, 11) is 0. The minimum absolute atomic E-state index is 0.628. The van der Waals surface area contributed by atoms with Gasteiger partial charge in [-0.15, -0.1) is 0 Å². The van der Waals surface area contributed by atoms with E-state index in [1.807, 2.05) is 12.3 Å². The summed E-state index contributed by atoms with van der Waals surface area (Å²) in [5, 5.41) is 3.49. The van der Waals surface area contributed by atoms with Crippen LogP contribution in [0.1, 0.15) is 0 Å². The lowest BCUT2D eigenvalue weighted by Gasteiger charge is -1.96. The quantitative estimate of drug-likeness (QED) is 0.787. The van der Waals surface area contributed by atoms with Gasteiger partial charge in [-0.1, -0.05) is 0 Å². The Labute approximate surface area is 82.5 Å². The van der Waals surface area contributed by atoms with Crippen LogP contribution in [0.25, 0.3) is 11.0 Å². The summed E-state index contributed by atoms with van der Waals surface area (Å²) in [6.07, 6.45) is 4.03. The third-order valence-corrected chi connectivity index (χ3v) is 2.36. The topological polar surface area (TPSA) is 57.8 Å². The molecular formula is C8H6BrN3O. The van der Waals surface area contributed by atoms with Crippen molar-refractivity contribution < 1.29 is 4.79 Å². The molecule has 2 heterocycles. The molecule has 4 nitrogen and oxygen atoms in total. The van der Waals surface area contributed by atoms with Crippen molar-refractivity contribution in [3.63, 3.8) is 0 Å². The molecule has 1 amide bonds. The molecule has 66 valence electrons. The molecule has 0 atom stereocenters. The molecule has 2 N–H and O–H groups in total. The first-order valence-electron chi connectivity index (χ1n) is 3.64. The van der Waals surface area contributed by atoms with Crippen molar-refractivity contribution in [2.75, 3.05) is 5.32 Å². The predicted molar refractivity (Wildman–Crippen MR) is 53.5 cm³/mol. The average Bonchev–Trinajstić information content (AvgIpc) is 2.49. The number of pyridine rings is 1. The highest BCUT2D eigenvalue weighted by atomic mass is 79.9. The number of rotatable bonds is 2. The molecular weight excluding hydrogens is 234 g/mol. The number of aromatic amines is 1. The molecule has 0 radical (unpaired) electrons. The maximum Gasteiger partial charge on any atom is 0.211 e. The SMILES string of the molecule is O=CNc1cnc2[nH]cc(Br)c2c1. The van der Waals surface area contributed by atoms with Gasteiger partial charge in [-0.2, -0.15) is 0 Å². The second-order valence-electron chi connectivity index (χ2n) is 2.52. The fourth-order valence-corrected chi connectivity index (χ4v) is 1.53. The molecule has 2 aromatic heterocycles. The van der Waals surface area contributed by atoms with Gasteiger partial charge in [0.05, 0.1) is 11.9 Å². The molecule has 0 saturated heterocycles. The molecule has 2 aromatic rings. The van der Waals surface area contributed by atoms with Crippen LogP contribution < -0.4 is 5.32 Å². The van der Waals surface area contributed by atoms with Gasteiger partial charge < -0.3 is 10.3 Å². The van der Waals surface area contributed by atoms with Gasteiger partial charge in [-0.25, -0.2) is 4.98 Å². The first-order valence-corrected chi connectivity index (χ1v) is 4.43. The van der Waals surface area contributed by atoms with E-state index in [1.54, 1.807) is 6.20 Å². The molecule has 0 bridgehead atoms. The number of fused-ring (bicyclic) bond motifs is 1. The van der Waals surface area contributed by atoms with E-state index in [-0.39, 0.29) is 0 Å². The summed E-state index contributed by atoms with van der Waals surface area (Å²) < 4.78 is 0.935. The number of aromatic nitrogens is 2. The Morgan fingerprint density at radius 1 is 1.62 bits per heavy atom. The second-order valence-corrected chi connectivity index (χ2v) is 3.37. The molecule has 0 aliphatic heterocycles. The minimum Gasteiger partial charge on any atom is -0.345 e. The average molecular weight is 240 g/mol. The maximum absolute atomic E-state index is 10.2. The normalized spacial score (nSPS) is 10.2. The number of nitrogens with one attached hydrogen (secondary N) is 2. The van der Waals surface area contributed by atoms with E-state index in [1.165, 1.54) is 0 Å². The number of anilines is 1. The highest BCUT2D eigenvalue weighted by Crippen LogP contribution is 2.23. The summed E-state index contributed by atoms with van der Waals surface area (Å²) in [6.45, 7) is 0. The fraction of sp³-hybridized carbons (Fsp3) is 0. The van der Waals surface area contributed by atoms with E-state index in [2.05, 4.69) is 31.2 Å². The van der Waals surface area contributed by atoms with Gasteiger partial charge in [0.25, 0.3) is 0 Å². The summed E-state index contributed by atoms with van der Waals surface area (Å²) >= 11 is 3.36. The van der Waals surface area contributed by atoms with Gasteiger partial charge in [0.1, 0.15) is 5.65 Å². The molecule has 2 rings (SSSR count). The third-order valence-electron chi connectivity index (χ3n) is 1.71. The van der Waals surface area contributed by atoms with Crippen LogP contribution in [0.2, 0.25) is 0 Å². The number of carbonyl (C=O) groups is 1. The molecule has 0 aromatic carbocycles. The van der Waals surface area contributed by atoms with E-state index in [0.717, 1.165) is 15.5 Å². The summed E-state index contributed by atoms with van der Waals surface area (Å²) in [5.74, 6) is 0. The fourth-order valence-electron chi connectivity index (χ4n) is 1.12. The Hall–Kier alpha value is -1.36. The Morgan fingerprint density at radius 3 is 3.23 bits per heavy atom. The van der Waals surface area contributed by atoms with Crippen molar-refractivity contribution in [3.8, 4) is 0 Å². The van der Waals surface area contributed by atoms with Crippen LogP contribution in [-0.2, 0) is 4.79 Å². The molecule has 13 heavy (non-hydrogen) atoms. The Bertz CT molecular complexity index is 452. The first kappa shape index (κ1) is 8.25. The number of nitrogens with zero attached hydrogens (tertiary/aromatic N) is 1. The van der Waals surface area contributed by atoms with E-state index in [0.29, 0.717) is 12.1 Å². The van der Waals surface area contributed by atoms with E-state index in [9.17, 15) is 4.79 Å². The third kappa shape index (κ3) is 1.42. The number of amides is 1. The summed E-state index contributed by atoms with van der Waals surface area (Å²) in [5.41, 5.74) is 1.48. The number of hydrogen-bond acceptors (Lipinski definition) is 2. The Kier molecular flexibility index (Phi) is 2.02. The van der Waals surface area contributed by atoms with Crippen molar-refractivity contribution >= 4 is 39.1 Å². The van der Waals surface area contributed by atoms with Crippen LogP contribution in [-0.4, -0.2) is 16.4 Å². The van der Waals surface area contributed by atoms with Crippen LogP contribution in [0.4, 0.5) is 5.69 Å². The lowest BCUT2D eigenvalue weighted by Crippen LogP contribution is -1.93. The lowest BCUT2D eigenvalue weighted by molar-refractivity contribution is -0.105. The molecule has 0 aliphatic carbocycles. The summed E-state index contributed by atoms with van der Waals surface area (Å²) in [4.78, 5) is 17.3. The minimum atomic E-state index is 0.628. The van der Waals surface area contributed by atoms with Gasteiger partial charge in [0.2, 0.25) is 6.41 Å². The van der Waals surface area contributed by atoms with Crippen molar-refractivity contribution in [2.24, 2.45) is 0 Å². The molecule has 0 fully saturated rings. The zero-order chi connectivity index (χ0) is 9.26. The maximum atomic E-state index is 10.2. The number of hydrogen-bond donors (Lipinski definition) is 2. The van der Waals surface area contributed by atoms with Crippen molar-refractivity contribution in [1.82, 2.24) is 9.97 Å². The van der Waals surface area contributed by atoms with Gasteiger partial charge in [0, 0.05) is 16.1 Å². The van der Waals surface area contributed by atoms with Crippen molar-refractivity contribution in [1.29, 1.82) is 0 Å². The molecule has 0 aliphatic rings. The lowest BCUT2D eigenvalue weighted by atomic mass is 10.3. The highest BCUT2D eigenvalue weighted by molar-refractivity contribution is 9.10. The van der Waals surface area contributed by atoms with Crippen LogP contribution in [0.15, 0.2) is 22.9 Å². The van der Waals surface area contributed by atoms with E-state index < -0.39 is 0 Å². The van der Waals surface area contributed by atoms with Gasteiger partial charge >= 0.3 is 0 Å². The van der Waals surface area contributed by atoms with Crippen LogP contribution in [0, 0.1) is 0 Å². The summed E-state index contributed by atoms with van der Waals surface area (Å²) in [6, 6.07) is 1.84. The predicted octanol–water partition coefficient (Wildman–Crippen LogP) is 1.89. The first-order chi connectivity index (χ1) is 6.31. The van der Waals surface area contributed by atoms with Crippen LogP contribution >= 0.6 is 15.9 Å². The van der Waals surface area contributed by atoms with Gasteiger partial charge in [-0.3, -0.25) is 4.79 Å². The molecule has 5 heteroatoms. The number of carbonyl (C=O) groups excluding carboxylic acids is 1. The van der Waals surface area contributed by atoms with E-state index >= 15 is 0 Å². The second kappa shape index (κ2) is 3.18. The highest BCUT2D eigenvalue weighted by Gasteiger charge is 2.02. The zero-order valence-electron chi connectivity index (χ0n) is 6.54. The largest absolute Gasteiger partial charge is 0.345 e. The van der Waals surface area contributed by atoms with E-state index in [4.69, 9.17) is 0 Å². The Balaban J connectivity index is 2.58. The van der Waals surface area contributed by atoms with Crippen molar-refractivity contribution in [2.45, 2.75) is 0 Å². The molecule has 0 saturated carbocycles. The van der Waals surface area contributed by atoms with Gasteiger partial charge in [-0.05, 0) is 22.0 Å². The van der Waals surface area contributed by atoms with Crippen molar-refractivity contribution in [3.05, 3.63) is 22.9 Å². The number of H-pyrrole nitrogens is 1. The zero-order valence-corrected chi connectivity index (χ0v) is 8.13. The Morgan fingerprint density at radius 2 is 2.46 bits per heavy atom. The molecule has 0 spiro atoms. The monoisotopic (exact) mass is 239 g/mol. The van der Waals surface area contributed by atoms with Crippen LogP contribution in [0.3, 0.4) is 0 Å². The molecule has 0 unspecified atom stereocenters. The van der Waals surface area contributed by atoms with Gasteiger partial charge in [0.15, 0.2) is 0 Å².